The Balaban J connectivity index is 3.24. The number of carboxylic acid groups (broad SMARTS) is 1. The molecule has 0 fully saturated rings. The van der Waals surface area contributed by atoms with E-state index in [1.54, 1.807) is 0 Å². The number of ether oxygens (including phenoxy) is 2. The Kier molecular flexibility index (Phi) is 20.9. The molecule has 0 heterocycles. The van der Waals surface area contributed by atoms with E-state index in [4.69, 9.17) is 14.6 Å². The number of hydrogen-bond acceptors (Lipinski definition) is 5. The predicted molar refractivity (Wildman–Crippen MR) is 118 cm³/mol. The van der Waals surface area contributed by atoms with E-state index in [-0.39, 0.29) is 32.0 Å². The minimum Gasteiger partial charge on any atom is -0.481 e. The van der Waals surface area contributed by atoms with Gasteiger partial charge in [-0.3, -0.25) is 14.4 Å². The summed E-state index contributed by atoms with van der Waals surface area (Å²) in [5, 5.41) is 8.46. The molecule has 0 aromatic carbocycles. The van der Waals surface area contributed by atoms with Crippen LogP contribution in [0.15, 0.2) is 0 Å². The largest absolute Gasteiger partial charge is 0.481 e. The molecular weight excluding hydrogens is 384 g/mol. The Bertz CT molecular complexity index is 435. The molecular formula is C24H44O6. The van der Waals surface area contributed by atoms with Crippen molar-refractivity contribution in [1.82, 2.24) is 0 Å². The first-order valence-corrected chi connectivity index (χ1v) is 12.1. The van der Waals surface area contributed by atoms with E-state index in [1.807, 2.05) is 0 Å². The van der Waals surface area contributed by atoms with Gasteiger partial charge in [-0.15, -0.1) is 0 Å². The van der Waals surface area contributed by atoms with Crippen molar-refractivity contribution in [3.63, 3.8) is 0 Å². The highest BCUT2D eigenvalue weighted by molar-refractivity contribution is 5.76. The Morgan fingerprint density at radius 3 is 1.30 bits per heavy atom. The molecule has 0 rings (SSSR count). The Labute approximate surface area is 183 Å². The number of carbonyl (C=O) groups excluding carboxylic acids is 2. The maximum atomic E-state index is 11.6. The third kappa shape index (κ3) is 22.7. The van der Waals surface area contributed by atoms with Gasteiger partial charge in [0.05, 0.1) is 12.8 Å². The van der Waals surface area contributed by atoms with E-state index in [0.717, 1.165) is 19.3 Å². The van der Waals surface area contributed by atoms with Gasteiger partial charge < -0.3 is 14.6 Å². The van der Waals surface area contributed by atoms with E-state index >= 15 is 0 Å². The molecule has 0 saturated carbocycles. The average Bonchev–Trinajstić information content (AvgIpc) is 2.72. The third-order valence-electron chi connectivity index (χ3n) is 5.14. The van der Waals surface area contributed by atoms with Crippen LogP contribution >= 0.6 is 0 Å². The second kappa shape index (κ2) is 22.1. The van der Waals surface area contributed by atoms with Crippen LogP contribution in [0.25, 0.3) is 0 Å². The van der Waals surface area contributed by atoms with Crippen molar-refractivity contribution < 1.29 is 29.0 Å². The normalized spacial score (nSPS) is 10.7. The lowest BCUT2D eigenvalue weighted by molar-refractivity contribution is -0.153. The zero-order chi connectivity index (χ0) is 22.3. The molecule has 0 atom stereocenters. The van der Waals surface area contributed by atoms with Gasteiger partial charge in [-0.05, 0) is 6.42 Å². The summed E-state index contributed by atoms with van der Waals surface area (Å²) in [7, 11) is 0. The molecule has 0 aliphatic carbocycles. The van der Waals surface area contributed by atoms with Crippen LogP contribution in [-0.4, -0.2) is 36.2 Å². The molecule has 0 aromatic heterocycles. The molecule has 6 heteroatoms. The molecule has 1 N–H and O–H groups in total. The second-order valence-corrected chi connectivity index (χ2v) is 8.03. The lowest BCUT2D eigenvalue weighted by Crippen LogP contribution is -2.14. The predicted octanol–water partition coefficient (Wildman–Crippen LogP) is 6.20. The van der Waals surface area contributed by atoms with Crippen molar-refractivity contribution in [3.8, 4) is 0 Å². The number of hydrogen-bond donors (Lipinski definition) is 1. The van der Waals surface area contributed by atoms with Crippen LogP contribution in [0.5, 0.6) is 0 Å². The molecule has 30 heavy (non-hydrogen) atoms. The molecule has 0 aromatic rings. The fraction of sp³-hybridized carbons (Fsp3) is 0.875. The molecule has 0 bridgehead atoms. The van der Waals surface area contributed by atoms with Crippen molar-refractivity contribution in [3.05, 3.63) is 0 Å². The van der Waals surface area contributed by atoms with Crippen molar-refractivity contribution in [2.45, 2.75) is 122 Å². The van der Waals surface area contributed by atoms with Gasteiger partial charge in [-0.1, -0.05) is 96.8 Å². The summed E-state index contributed by atoms with van der Waals surface area (Å²) in [4.78, 5) is 33.1. The molecule has 0 spiro atoms. The standard InChI is InChI=1S/C24H44O6/c1-2-3-4-5-6-7-8-9-10-11-12-13-14-15-16-17-23(27)29-20-21-30-24(28)19-18-22(25)26/h2-21H2,1H3,(H,25,26). The average molecular weight is 429 g/mol. The van der Waals surface area contributed by atoms with Crippen molar-refractivity contribution >= 4 is 17.9 Å². The zero-order valence-corrected chi connectivity index (χ0v) is 19.1. The lowest BCUT2D eigenvalue weighted by atomic mass is 10.0. The van der Waals surface area contributed by atoms with Crippen LogP contribution in [-0.2, 0) is 23.9 Å². The Morgan fingerprint density at radius 2 is 0.900 bits per heavy atom. The number of rotatable bonds is 22. The first kappa shape index (κ1) is 28.4. The van der Waals surface area contributed by atoms with E-state index in [1.165, 1.54) is 77.0 Å². The van der Waals surface area contributed by atoms with Gasteiger partial charge >= 0.3 is 17.9 Å². The smallest absolute Gasteiger partial charge is 0.306 e. The zero-order valence-electron chi connectivity index (χ0n) is 19.1. The maximum Gasteiger partial charge on any atom is 0.306 e. The Hall–Kier alpha value is -1.59. The van der Waals surface area contributed by atoms with Crippen LogP contribution in [0.4, 0.5) is 0 Å². The quantitative estimate of drug-likeness (QED) is 0.163. The van der Waals surface area contributed by atoms with Gasteiger partial charge in [0.25, 0.3) is 0 Å². The fourth-order valence-electron chi connectivity index (χ4n) is 3.30. The van der Waals surface area contributed by atoms with E-state index in [9.17, 15) is 14.4 Å². The van der Waals surface area contributed by atoms with E-state index < -0.39 is 11.9 Å². The summed E-state index contributed by atoms with van der Waals surface area (Å²) >= 11 is 0. The van der Waals surface area contributed by atoms with Gasteiger partial charge in [0.15, 0.2) is 0 Å². The van der Waals surface area contributed by atoms with Crippen LogP contribution in [0.2, 0.25) is 0 Å². The summed E-state index contributed by atoms with van der Waals surface area (Å²) in [6.07, 6.45) is 19.3. The van der Waals surface area contributed by atoms with Gasteiger partial charge in [0, 0.05) is 6.42 Å². The topological polar surface area (TPSA) is 89.9 Å². The van der Waals surface area contributed by atoms with Crippen LogP contribution in [0.3, 0.4) is 0 Å². The number of carbonyl (C=O) groups is 3. The highest BCUT2D eigenvalue weighted by atomic mass is 16.6. The monoisotopic (exact) mass is 428 g/mol. The molecule has 0 aliphatic heterocycles. The summed E-state index contributed by atoms with van der Waals surface area (Å²) in [6, 6.07) is 0. The van der Waals surface area contributed by atoms with Gasteiger partial charge in [0.1, 0.15) is 13.2 Å². The molecule has 0 saturated heterocycles. The number of aliphatic carboxylic acids is 1. The summed E-state index contributed by atoms with van der Waals surface area (Å²) in [6.45, 7) is 2.26. The highest BCUT2D eigenvalue weighted by Gasteiger charge is 2.07. The highest BCUT2D eigenvalue weighted by Crippen LogP contribution is 2.13. The molecule has 0 unspecified atom stereocenters. The molecule has 0 amide bonds. The second-order valence-electron chi connectivity index (χ2n) is 8.03. The van der Waals surface area contributed by atoms with Crippen molar-refractivity contribution in [2.24, 2.45) is 0 Å². The number of esters is 2. The van der Waals surface area contributed by atoms with Gasteiger partial charge in [0.2, 0.25) is 0 Å². The molecule has 0 aliphatic rings. The van der Waals surface area contributed by atoms with E-state index in [0.29, 0.717) is 6.42 Å². The Morgan fingerprint density at radius 1 is 0.533 bits per heavy atom. The number of unbranched alkanes of at least 4 members (excludes halogenated alkanes) is 14. The minimum atomic E-state index is -1.04. The van der Waals surface area contributed by atoms with Crippen LogP contribution < -0.4 is 0 Å². The van der Waals surface area contributed by atoms with Gasteiger partial charge in [-0.25, -0.2) is 0 Å². The summed E-state index contributed by atoms with van der Waals surface area (Å²) in [5.74, 6) is -1.90. The fourth-order valence-corrected chi connectivity index (χ4v) is 3.30. The van der Waals surface area contributed by atoms with Crippen LogP contribution in [0.1, 0.15) is 122 Å². The minimum absolute atomic E-state index is 0.0242. The molecule has 0 radical (unpaired) electrons. The first-order valence-electron chi connectivity index (χ1n) is 12.1. The summed E-state index contributed by atoms with van der Waals surface area (Å²) in [5.41, 5.74) is 0. The summed E-state index contributed by atoms with van der Waals surface area (Å²) < 4.78 is 9.80. The third-order valence-corrected chi connectivity index (χ3v) is 5.14. The maximum absolute atomic E-state index is 11.6. The number of carboxylic acids is 1. The lowest BCUT2D eigenvalue weighted by Gasteiger charge is -2.06. The first-order chi connectivity index (χ1) is 14.6. The molecule has 176 valence electrons. The van der Waals surface area contributed by atoms with Crippen molar-refractivity contribution in [2.75, 3.05) is 13.2 Å². The van der Waals surface area contributed by atoms with Gasteiger partial charge in [-0.2, -0.15) is 0 Å². The van der Waals surface area contributed by atoms with E-state index in [2.05, 4.69) is 6.92 Å². The van der Waals surface area contributed by atoms with Crippen LogP contribution in [0, 0.1) is 0 Å². The SMILES string of the molecule is CCCCCCCCCCCCCCCCCC(=O)OCCOC(=O)CCC(=O)O. The van der Waals surface area contributed by atoms with Crippen molar-refractivity contribution in [1.29, 1.82) is 0 Å². The molecule has 6 nitrogen and oxygen atoms in total.